The van der Waals surface area contributed by atoms with Gasteiger partial charge in [0.2, 0.25) is 0 Å². The van der Waals surface area contributed by atoms with Crippen molar-refractivity contribution < 1.29 is 58.2 Å². The third-order valence-corrected chi connectivity index (χ3v) is 14.0. The average Bonchev–Trinajstić information content (AvgIpc) is 3.57. The number of carbonyl (C=O) groups excluding carboxylic acids is 3. The second kappa shape index (κ2) is 57.5. The number of carbonyl (C=O) groups is 4. The molecular weight excluding hydrogens is 1040 g/mol. The minimum atomic E-state index is -1.94. The summed E-state index contributed by atoms with van der Waals surface area (Å²) < 4.78 is 28.4. The van der Waals surface area contributed by atoms with Gasteiger partial charge < -0.3 is 39.0 Å². The molecule has 0 aliphatic carbocycles. The number of unbranched alkanes of at least 4 members (excludes halogenated alkanes) is 21. The van der Waals surface area contributed by atoms with E-state index in [1.165, 1.54) is 77.0 Å². The zero-order valence-electron chi connectivity index (χ0n) is 51.9. The Hall–Kier alpha value is -4.88. The zero-order valence-corrected chi connectivity index (χ0v) is 51.9. The monoisotopic (exact) mass is 1160 g/mol. The summed E-state index contributed by atoms with van der Waals surface area (Å²) in [6.45, 7) is 5.78. The number of aliphatic hydroxyl groups is 2. The van der Waals surface area contributed by atoms with Crippen molar-refractivity contribution in [3.63, 3.8) is 0 Å². The van der Waals surface area contributed by atoms with Gasteiger partial charge in [-0.1, -0.05) is 239 Å². The molecule has 0 saturated carbocycles. The number of hydrogen-bond donors (Lipinski definition) is 3. The molecule has 0 bridgehead atoms. The van der Waals surface area contributed by atoms with Crippen LogP contribution >= 0.6 is 0 Å². The molecule has 470 valence electrons. The van der Waals surface area contributed by atoms with Crippen LogP contribution in [0, 0.1) is 0 Å². The lowest BCUT2D eigenvalue weighted by atomic mass is 9.98. The number of carboxylic acids is 1. The first-order valence-electron chi connectivity index (χ1n) is 32.5. The maximum absolute atomic E-state index is 13.2. The average molecular weight is 1160 g/mol. The third-order valence-electron chi connectivity index (χ3n) is 14.0. The van der Waals surface area contributed by atoms with Crippen LogP contribution in [0.5, 0.6) is 0 Å². The first-order valence-corrected chi connectivity index (χ1v) is 32.5. The molecule has 12 nitrogen and oxygen atoms in total. The van der Waals surface area contributed by atoms with E-state index in [1.807, 2.05) is 12.2 Å². The normalized spacial score (nSPS) is 18.4. The fourth-order valence-electron chi connectivity index (χ4n) is 9.07. The Morgan fingerprint density at radius 1 is 0.422 bits per heavy atom. The number of aliphatic hydroxyl groups excluding tert-OH is 2. The van der Waals surface area contributed by atoms with Crippen LogP contribution in [0.2, 0.25) is 0 Å². The molecule has 6 unspecified atom stereocenters. The molecule has 1 saturated heterocycles. The van der Waals surface area contributed by atoms with Gasteiger partial charge in [0, 0.05) is 12.8 Å². The maximum Gasteiger partial charge on any atom is 0.335 e. The van der Waals surface area contributed by atoms with Gasteiger partial charge in [0.25, 0.3) is 0 Å². The predicted octanol–water partition coefficient (Wildman–Crippen LogP) is 17.6. The first-order chi connectivity index (χ1) is 40.6. The molecule has 6 atom stereocenters. The molecule has 0 spiro atoms. The van der Waals surface area contributed by atoms with Crippen LogP contribution in [0.3, 0.4) is 0 Å². The minimum Gasteiger partial charge on any atom is -0.479 e. The van der Waals surface area contributed by atoms with E-state index < -0.39 is 67.3 Å². The Morgan fingerprint density at radius 2 is 0.795 bits per heavy atom. The second-order valence-corrected chi connectivity index (χ2v) is 21.7. The molecule has 1 fully saturated rings. The Kier molecular flexibility index (Phi) is 52.8. The van der Waals surface area contributed by atoms with E-state index in [0.717, 1.165) is 116 Å². The van der Waals surface area contributed by atoms with E-state index in [-0.39, 0.29) is 25.9 Å². The number of hydrogen-bond acceptors (Lipinski definition) is 11. The molecule has 1 rings (SSSR count). The Labute approximate surface area is 503 Å². The quantitative estimate of drug-likeness (QED) is 0.0228. The van der Waals surface area contributed by atoms with Gasteiger partial charge >= 0.3 is 23.9 Å². The van der Waals surface area contributed by atoms with Crippen molar-refractivity contribution in [2.75, 3.05) is 13.2 Å². The molecular formula is C71H114O12. The van der Waals surface area contributed by atoms with E-state index in [0.29, 0.717) is 19.3 Å². The molecule has 1 aliphatic rings. The van der Waals surface area contributed by atoms with Gasteiger partial charge in [-0.05, 0) is 116 Å². The topological polar surface area (TPSA) is 175 Å². The fourth-order valence-corrected chi connectivity index (χ4v) is 9.07. The standard InChI is InChI=1S/C71H114O12/c1-4-7-10-13-16-19-22-25-28-30-32-34-37-39-42-45-48-51-54-57-63(72)79-60-62(81-64(73)58-55-52-49-46-43-41-38-35-33-31-29-26-23-20-17-14-11-8-5-2)61-80-71-69(67(76)66(75)68(83-71)70(77)78)82-65(74)59-56-53-50-47-44-40-36-27-24-21-18-15-12-9-6-3/h9,12,16-21,25-29,32,34,36,44,47,53,56,62,66-69,71,75-76H,4-8,10-11,13-15,22-24,30-31,33,35,37-43,45-46,48-52,54-55,57-61H2,1-3H3,(H,77,78)/b12-9-,19-16-,20-17-,21-18-,28-25-,29-26-,34-32-,36-27-,47-44-,56-53-. The van der Waals surface area contributed by atoms with Crippen LogP contribution in [0.4, 0.5) is 0 Å². The molecule has 3 N–H and O–H groups in total. The molecule has 1 heterocycles. The highest BCUT2D eigenvalue weighted by Gasteiger charge is 2.50. The van der Waals surface area contributed by atoms with E-state index in [1.54, 1.807) is 12.2 Å². The van der Waals surface area contributed by atoms with Gasteiger partial charge in [-0.25, -0.2) is 4.79 Å². The lowest BCUT2D eigenvalue weighted by Crippen LogP contribution is -2.61. The minimum absolute atomic E-state index is 0.138. The third kappa shape index (κ3) is 47.1. The van der Waals surface area contributed by atoms with E-state index in [4.69, 9.17) is 23.7 Å². The highest BCUT2D eigenvalue weighted by Crippen LogP contribution is 2.26. The van der Waals surface area contributed by atoms with Crippen molar-refractivity contribution in [2.24, 2.45) is 0 Å². The highest BCUT2D eigenvalue weighted by atomic mass is 16.7. The molecule has 12 heteroatoms. The molecule has 83 heavy (non-hydrogen) atoms. The van der Waals surface area contributed by atoms with Crippen molar-refractivity contribution >= 4 is 23.9 Å². The summed E-state index contributed by atoms with van der Waals surface area (Å²) in [6.07, 6.45) is 67.5. The van der Waals surface area contributed by atoms with Crippen LogP contribution in [-0.2, 0) is 42.9 Å². The van der Waals surface area contributed by atoms with Gasteiger partial charge in [0.15, 0.2) is 24.6 Å². The molecule has 0 aromatic rings. The highest BCUT2D eigenvalue weighted by molar-refractivity contribution is 5.74. The second-order valence-electron chi connectivity index (χ2n) is 21.7. The summed E-state index contributed by atoms with van der Waals surface area (Å²) in [7, 11) is 0. The van der Waals surface area contributed by atoms with Crippen molar-refractivity contribution in [3.05, 3.63) is 122 Å². The SMILES string of the molecule is CC/C=C\C/C=C\C/C=C\C/C=C\C/C=C\CC(=O)OC1C(OCC(COC(=O)CCCCCCCC/C=C\C/C=C\C/C=C\CCCCC)OC(=O)CCCCCCCCCCC/C=C\C/C=C\CCCCC)OC(C(=O)O)C(O)C1O. The number of rotatable bonds is 54. The number of ether oxygens (including phenoxy) is 5. The van der Waals surface area contributed by atoms with Crippen LogP contribution < -0.4 is 0 Å². The van der Waals surface area contributed by atoms with Gasteiger partial charge in [-0.15, -0.1) is 0 Å². The smallest absolute Gasteiger partial charge is 0.335 e. The number of esters is 3. The maximum atomic E-state index is 13.2. The van der Waals surface area contributed by atoms with Crippen molar-refractivity contribution in [1.82, 2.24) is 0 Å². The molecule has 1 aliphatic heterocycles. The van der Waals surface area contributed by atoms with Crippen LogP contribution in [0.1, 0.15) is 252 Å². The van der Waals surface area contributed by atoms with Crippen LogP contribution in [0.15, 0.2) is 122 Å². The van der Waals surface area contributed by atoms with Gasteiger partial charge in [0.1, 0.15) is 18.8 Å². The first kappa shape index (κ1) is 76.1. The Bertz CT molecular complexity index is 1900. The molecule has 0 aromatic heterocycles. The van der Waals surface area contributed by atoms with E-state index in [9.17, 15) is 34.5 Å². The number of allylic oxidation sites excluding steroid dienone is 19. The molecule has 0 aromatic carbocycles. The van der Waals surface area contributed by atoms with Gasteiger partial charge in [-0.3, -0.25) is 14.4 Å². The predicted molar refractivity (Wildman–Crippen MR) is 340 cm³/mol. The van der Waals surface area contributed by atoms with Crippen molar-refractivity contribution in [1.29, 1.82) is 0 Å². The number of carboxylic acid groups (broad SMARTS) is 1. The lowest BCUT2D eigenvalue weighted by Gasteiger charge is -2.40. The summed E-state index contributed by atoms with van der Waals surface area (Å²) in [5.74, 6) is -3.31. The van der Waals surface area contributed by atoms with Crippen LogP contribution in [0.25, 0.3) is 0 Å². The van der Waals surface area contributed by atoms with E-state index in [2.05, 4.69) is 118 Å². The molecule has 0 amide bonds. The summed E-state index contributed by atoms with van der Waals surface area (Å²) in [6, 6.07) is 0. The Balaban J connectivity index is 2.72. The van der Waals surface area contributed by atoms with Gasteiger partial charge in [-0.2, -0.15) is 0 Å². The fraction of sp³-hybridized carbons (Fsp3) is 0.662. The lowest BCUT2D eigenvalue weighted by molar-refractivity contribution is -0.301. The van der Waals surface area contributed by atoms with Gasteiger partial charge in [0.05, 0.1) is 13.0 Å². The summed E-state index contributed by atoms with van der Waals surface area (Å²) >= 11 is 0. The van der Waals surface area contributed by atoms with Crippen molar-refractivity contribution in [3.8, 4) is 0 Å². The zero-order chi connectivity index (χ0) is 60.3. The summed E-state index contributed by atoms with van der Waals surface area (Å²) in [5.41, 5.74) is 0. The van der Waals surface area contributed by atoms with Crippen molar-refractivity contribution in [2.45, 2.75) is 289 Å². The summed E-state index contributed by atoms with van der Waals surface area (Å²) in [4.78, 5) is 51.3. The molecule has 0 radical (unpaired) electrons. The largest absolute Gasteiger partial charge is 0.479 e. The summed E-state index contributed by atoms with van der Waals surface area (Å²) in [5, 5.41) is 31.5. The number of aliphatic carboxylic acids is 1. The Morgan fingerprint density at radius 3 is 1.22 bits per heavy atom. The van der Waals surface area contributed by atoms with E-state index >= 15 is 0 Å². The van der Waals surface area contributed by atoms with Crippen LogP contribution in [-0.4, -0.2) is 89.2 Å².